The van der Waals surface area contributed by atoms with E-state index < -0.39 is 16.7 Å². The maximum atomic E-state index is 12.3. The molecular formula is C21H21N3O5. The average molecular weight is 395 g/mol. The van der Waals surface area contributed by atoms with Gasteiger partial charge < -0.3 is 4.42 Å². The van der Waals surface area contributed by atoms with Crippen molar-refractivity contribution in [2.45, 2.75) is 33.1 Å². The predicted molar refractivity (Wildman–Crippen MR) is 107 cm³/mol. The number of nitro benzene ring substituents is 1. The number of nitrogens with zero attached hydrogens (tertiary/aromatic N) is 1. The van der Waals surface area contributed by atoms with Gasteiger partial charge in [-0.15, -0.1) is 0 Å². The van der Waals surface area contributed by atoms with Crippen LogP contribution in [0.1, 0.15) is 46.8 Å². The summed E-state index contributed by atoms with van der Waals surface area (Å²) in [5.74, 6) is -0.630. The first-order valence-electron chi connectivity index (χ1n) is 9.10. The number of carbonyl (C=O) groups excluding carboxylic acids is 2. The van der Waals surface area contributed by atoms with Gasteiger partial charge in [-0.2, -0.15) is 0 Å². The van der Waals surface area contributed by atoms with Gasteiger partial charge in [0.1, 0.15) is 5.58 Å². The number of amides is 2. The van der Waals surface area contributed by atoms with Crippen molar-refractivity contribution >= 4 is 28.5 Å². The molecule has 0 saturated carbocycles. The first-order valence-corrected chi connectivity index (χ1v) is 9.10. The molecule has 1 heterocycles. The van der Waals surface area contributed by atoms with Crippen LogP contribution in [0.25, 0.3) is 11.0 Å². The molecule has 0 spiro atoms. The van der Waals surface area contributed by atoms with E-state index in [0.717, 1.165) is 16.5 Å². The topological polar surface area (TPSA) is 114 Å². The zero-order valence-corrected chi connectivity index (χ0v) is 16.3. The van der Waals surface area contributed by atoms with Crippen LogP contribution >= 0.6 is 0 Å². The number of hydrazine groups is 1. The fraction of sp³-hybridized carbons (Fsp3) is 0.238. The number of hydrogen-bond donors (Lipinski definition) is 2. The highest BCUT2D eigenvalue weighted by molar-refractivity contribution is 5.96. The Morgan fingerprint density at radius 1 is 1.14 bits per heavy atom. The molecule has 1 aromatic heterocycles. The lowest BCUT2D eigenvalue weighted by molar-refractivity contribution is -0.384. The summed E-state index contributed by atoms with van der Waals surface area (Å²) in [5.41, 5.74) is 8.50. The summed E-state index contributed by atoms with van der Waals surface area (Å²) in [4.78, 5) is 34.5. The summed E-state index contributed by atoms with van der Waals surface area (Å²) in [6.45, 7) is 6.24. The van der Waals surface area contributed by atoms with Crippen LogP contribution in [0.15, 0.2) is 47.1 Å². The Labute approximate surface area is 167 Å². The smallest absolute Gasteiger partial charge is 0.269 e. The Balaban J connectivity index is 1.65. The summed E-state index contributed by atoms with van der Waals surface area (Å²) >= 11 is 0. The summed E-state index contributed by atoms with van der Waals surface area (Å²) in [7, 11) is 0. The number of nitro groups is 1. The second kappa shape index (κ2) is 8.14. The van der Waals surface area contributed by atoms with Crippen molar-refractivity contribution in [1.29, 1.82) is 0 Å². The molecule has 0 aliphatic rings. The van der Waals surface area contributed by atoms with E-state index in [9.17, 15) is 19.7 Å². The van der Waals surface area contributed by atoms with Gasteiger partial charge in [-0.25, -0.2) is 0 Å². The fourth-order valence-corrected chi connectivity index (χ4v) is 3.15. The van der Waals surface area contributed by atoms with Crippen LogP contribution in [0.2, 0.25) is 0 Å². The number of carbonyl (C=O) groups is 2. The molecule has 2 amide bonds. The molecule has 3 rings (SSSR count). The van der Waals surface area contributed by atoms with Crippen molar-refractivity contribution in [1.82, 2.24) is 10.9 Å². The van der Waals surface area contributed by atoms with E-state index >= 15 is 0 Å². The van der Waals surface area contributed by atoms with Gasteiger partial charge in [-0.05, 0) is 48.2 Å². The molecule has 8 nitrogen and oxygen atoms in total. The number of rotatable bonds is 5. The van der Waals surface area contributed by atoms with Gasteiger partial charge >= 0.3 is 0 Å². The van der Waals surface area contributed by atoms with E-state index in [-0.39, 0.29) is 17.7 Å². The largest absolute Gasteiger partial charge is 0.464 e. The maximum Gasteiger partial charge on any atom is 0.269 e. The van der Waals surface area contributed by atoms with E-state index in [0.29, 0.717) is 11.5 Å². The van der Waals surface area contributed by atoms with Crippen LogP contribution in [0.4, 0.5) is 5.69 Å². The summed E-state index contributed by atoms with van der Waals surface area (Å²) < 4.78 is 5.57. The van der Waals surface area contributed by atoms with Crippen molar-refractivity contribution in [3.63, 3.8) is 0 Å². The van der Waals surface area contributed by atoms with Crippen LogP contribution in [0, 0.1) is 17.0 Å². The van der Waals surface area contributed by atoms with Crippen molar-refractivity contribution in [2.24, 2.45) is 0 Å². The van der Waals surface area contributed by atoms with Gasteiger partial charge in [0.2, 0.25) is 5.91 Å². The zero-order valence-electron chi connectivity index (χ0n) is 16.3. The standard InChI is InChI=1S/C21H21N3O5/c1-12(2)17-10-18-15(11-29-19(18)8-13(17)3)9-20(25)22-23-21(26)14-4-6-16(7-5-14)24(27)28/h4-8,10-12H,9H2,1-3H3,(H,22,25)(H,23,26). The van der Waals surface area contributed by atoms with Crippen molar-refractivity contribution < 1.29 is 18.9 Å². The minimum absolute atomic E-state index is 0.0359. The molecule has 150 valence electrons. The molecular weight excluding hydrogens is 374 g/mol. The molecule has 0 unspecified atom stereocenters. The first kappa shape index (κ1) is 20.1. The predicted octanol–water partition coefficient (Wildman–Crippen LogP) is 3.78. The highest BCUT2D eigenvalue weighted by Crippen LogP contribution is 2.29. The van der Waals surface area contributed by atoms with Gasteiger partial charge in [0.05, 0.1) is 17.6 Å². The molecule has 0 bridgehead atoms. The Hall–Kier alpha value is -3.68. The number of benzene rings is 2. The zero-order chi connectivity index (χ0) is 21.1. The van der Waals surface area contributed by atoms with E-state index in [4.69, 9.17) is 4.42 Å². The number of non-ortho nitro benzene ring substituents is 1. The molecule has 3 aromatic rings. The Morgan fingerprint density at radius 2 is 1.83 bits per heavy atom. The molecule has 8 heteroatoms. The number of nitrogens with one attached hydrogen (secondary N) is 2. The van der Waals surface area contributed by atoms with E-state index in [1.54, 1.807) is 6.26 Å². The van der Waals surface area contributed by atoms with Gasteiger partial charge in [-0.3, -0.25) is 30.6 Å². The van der Waals surface area contributed by atoms with E-state index in [1.807, 2.05) is 19.1 Å². The van der Waals surface area contributed by atoms with Gasteiger partial charge in [0.25, 0.3) is 11.6 Å². The molecule has 2 aromatic carbocycles. The number of fused-ring (bicyclic) bond motifs is 1. The highest BCUT2D eigenvalue weighted by Gasteiger charge is 2.15. The number of furan rings is 1. The van der Waals surface area contributed by atoms with Crippen LogP contribution in [0.3, 0.4) is 0 Å². The van der Waals surface area contributed by atoms with Crippen molar-refractivity contribution in [3.8, 4) is 0 Å². The Kier molecular flexibility index (Phi) is 5.63. The third-order valence-electron chi connectivity index (χ3n) is 4.67. The number of hydrogen-bond acceptors (Lipinski definition) is 5. The lowest BCUT2D eigenvalue weighted by Gasteiger charge is -2.10. The van der Waals surface area contributed by atoms with Crippen molar-refractivity contribution in [3.05, 3.63) is 75.0 Å². The normalized spacial score (nSPS) is 10.9. The second-order valence-corrected chi connectivity index (χ2v) is 7.10. The van der Waals surface area contributed by atoms with Crippen LogP contribution in [-0.4, -0.2) is 16.7 Å². The maximum absolute atomic E-state index is 12.3. The summed E-state index contributed by atoms with van der Waals surface area (Å²) in [6.07, 6.45) is 1.58. The van der Waals surface area contributed by atoms with Crippen LogP contribution < -0.4 is 10.9 Å². The molecule has 0 radical (unpaired) electrons. The summed E-state index contributed by atoms with van der Waals surface area (Å²) in [5, 5.41) is 11.5. The average Bonchev–Trinajstić information content (AvgIpc) is 3.06. The van der Waals surface area contributed by atoms with E-state index in [2.05, 4.69) is 24.7 Å². The molecule has 2 N–H and O–H groups in total. The lowest BCUT2D eigenvalue weighted by Crippen LogP contribution is -2.42. The van der Waals surface area contributed by atoms with Crippen molar-refractivity contribution in [2.75, 3.05) is 0 Å². The SMILES string of the molecule is Cc1cc2occ(CC(=O)NNC(=O)c3ccc([N+](=O)[O-])cc3)c2cc1C(C)C. The van der Waals surface area contributed by atoms with Gasteiger partial charge in [0, 0.05) is 28.6 Å². The summed E-state index contributed by atoms with van der Waals surface area (Å²) in [6, 6.07) is 9.09. The Bertz CT molecular complexity index is 1080. The van der Waals surface area contributed by atoms with Gasteiger partial charge in [-0.1, -0.05) is 13.8 Å². The highest BCUT2D eigenvalue weighted by atomic mass is 16.6. The molecule has 0 saturated heterocycles. The number of aryl methyl sites for hydroxylation is 1. The molecule has 0 fully saturated rings. The lowest BCUT2D eigenvalue weighted by atomic mass is 9.95. The molecule has 0 aliphatic heterocycles. The molecule has 0 aliphatic carbocycles. The monoisotopic (exact) mass is 395 g/mol. The van der Waals surface area contributed by atoms with Gasteiger partial charge in [0.15, 0.2) is 0 Å². The minimum atomic E-state index is -0.567. The third-order valence-corrected chi connectivity index (χ3v) is 4.67. The minimum Gasteiger partial charge on any atom is -0.464 e. The third kappa shape index (κ3) is 4.43. The second-order valence-electron chi connectivity index (χ2n) is 7.10. The van der Waals surface area contributed by atoms with E-state index in [1.165, 1.54) is 29.8 Å². The van der Waals surface area contributed by atoms with Crippen LogP contribution in [-0.2, 0) is 11.2 Å². The Morgan fingerprint density at radius 3 is 2.45 bits per heavy atom. The fourth-order valence-electron chi connectivity index (χ4n) is 3.15. The van der Waals surface area contributed by atoms with Crippen LogP contribution in [0.5, 0.6) is 0 Å². The first-order chi connectivity index (χ1) is 13.8. The molecule has 29 heavy (non-hydrogen) atoms. The molecule has 0 atom stereocenters. The quantitative estimate of drug-likeness (QED) is 0.504.